The molecule has 0 aromatic heterocycles. The average molecular weight is 333 g/mol. The van der Waals surface area contributed by atoms with Crippen molar-refractivity contribution in [1.82, 2.24) is 0 Å². The standard InChI is InChI=1S/C16H15NO5S/c1-10-14(16(19)20)7-4-8-15(10)23(21,22)17-13-6-3-5-12(9-13)11(2)18/h3-9,17H,1-2H3,(H,19,20). The molecule has 2 aromatic rings. The fourth-order valence-corrected chi connectivity index (χ4v) is 3.47. The predicted molar refractivity (Wildman–Crippen MR) is 85.4 cm³/mol. The van der Waals surface area contributed by atoms with E-state index in [0.717, 1.165) is 0 Å². The van der Waals surface area contributed by atoms with Crippen LogP contribution in [0.3, 0.4) is 0 Å². The second-order valence-corrected chi connectivity index (χ2v) is 6.63. The molecule has 0 saturated carbocycles. The van der Waals surface area contributed by atoms with Crippen molar-refractivity contribution in [2.24, 2.45) is 0 Å². The number of nitrogens with one attached hydrogen (secondary N) is 1. The topological polar surface area (TPSA) is 101 Å². The van der Waals surface area contributed by atoms with Gasteiger partial charge in [0.1, 0.15) is 0 Å². The maximum atomic E-state index is 12.5. The van der Waals surface area contributed by atoms with Gasteiger partial charge < -0.3 is 5.11 Å². The van der Waals surface area contributed by atoms with Gasteiger partial charge in [0.15, 0.2) is 5.78 Å². The lowest BCUT2D eigenvalue weighted by Gasteiger charge is -2.12. The van der Waals surface area contributed by atoms with Gasteiger partial charge in [0.2, 0.25) is 0 Å². The Morgan fingerprint density at radius 2 is 1.74 bits per heavy atom. The van der Waals surface area contributed by atoms with Crippen LogP contribution in [0, 0.1) is 6.92 Å². The van der Waals surface area contributed by atoms with Gasteiger partial charge in [0, 0.05) is 11.3 Å². The summed E-state index contributed by atoms with van der Waals surface area (Å²) in [6.07, 6.45) is 0. The normalized spacial score (nSPS) is 11.0. The van der Waals surface area contributed by atoms with Crippen LogP contribution in [0.4, 0.5) is 5.69 Å². The Morgan fingerprint density at radius 3 is 2.35 bits per heavy atom. The molecule has 0 heterocycles. The zero-order chi connectivity index (χ0) is 17.2. The molecule has 0 bridgehead atoms. The number of benzene rings is 2. The Morgan fingerprint density at radius 1 is 1.09 bits per heavy atom. The number of ketones is 1. The highest BCUT2D eigenvalue weighted by molar-refractivity contribution is 7.92. The summed E-state index contributed by atoms with van der Waals surface area (Å²) in [5, 5.41) is 9.09. The number of carboxylic acid groups (broad SMARTS) is 1. The van der Waals surface area contributed by atoms with Crippen LogP contribution in [-0.2, 0) is 10.0 Å². The molecule has 0 aliphatic heterocycles. The Kier molecular flexibility index (Phi) is 4.51. The van der Waals surface area contributed by atoms with Gasteiger partial charge in [-0.3, -0.25) is 9.52 Å². The van der Waals surface area contributed by atoms with Crippen molar-refractivity contribution in [3.63, 3.8) is 0 Å². The number of anilines is 1. The number of carbonyl (C=O) groups is 2. The Labute approximate surface area is 133 Å². The molecule has 0 spiro atoms. The maximum absolute atomic E-state index is 12.5. The summed E-state index contributed by atoms with van der Waals surface area (Å²) in [4.78, 5) is 22.4. The molecule has 0 aliphatic carbocycles. The maximum Gasteiger partial charge on any atom is 0.335 e. The molecular weight excluding hydrogens is 318 g/mol. The van der Waals surface area contributed by atoms with E-state index in [9.17, 15) is 18.0 Å². The average Bonchev–Trinajstić information content (AvgIpc) is 2.46. The zero-order valence-electron chi connectivity index (χ0n) is 12.5. The van der Waals surface area contributed by atoms with Crippen LogP contribution in [0.25, 0.3) is 0 Å². The third kappa shape index (κ3) is 3.57. The van der Waals surface area contributed by atoms with Crippen LogP contribution in [0.5, 0.6) is 0 Å². The summed E-state index contributed by atoms with van der Waals surface area (Å²) >= 11 is 0. The zero-order valence-corrected chi connectivity index (χ0v) is 13.3. The first-order chi connectivity index (χ1) is 10.7. The van der Waals surface area contributed by atoms with E-state index in [-0.39, 0.29) is 27.5 Å². The highest BCUT2D eigenvalue weighted by atomic mass is 32.2. The molecule has 2 rings (SSSR count). The number of aromatic carboxylic acids is 1. The summed E-state index contributed by atoms with van der Waals surface area (Å²) in [6, 6.07) is 10.1. The van der Waals surface area contributed by atoms with Crippen molar-refractivity contribution in [2.45, 2.75) is 18.7 Å². The number of rotatable bonds is 5. The molecule has 0 amide bonds. The van der Waals surface area contributed by atoms with Crippen LogP contribution in [-0.4, -0.2) is 25.3 Å². The first-order valence-electron chi connectivity index (χ1n) is 6.69. The van der Waals surface area contributed by atoms with E-state index in [1.54, 1.807) is 12.1 Å². The molecule has 7 heteroatoms. The second-order valence-electron chi connectivity index (χ2n) is 4.98. The van der Waals surface area contributed by atoms with E-state index in [2.05, 4.69) is 4.72 Å². The summed E-state index contributed by atoms with van der Waals surface area (Å²) in [7, 11) is -3.97. The van der Waals surface area contributed by atoms with E-state index in [1.165, 1.54) is 44.2 Å². The fourth-order valence-electron chi connectivity index (χ4n) is 2.15. The van der Waals surface area contributed by atoms with Crippen molar-refractivity contribution in [3.05, 3.63) is 59.2 Å². The smallest absolute Gasteiger partial charge is 0.335 e. The van der Waals surface area contributed by atoms with Gasteiger partial charge in [0.25, 0.3) is 10.0 Å². The third-order valence-corrected chi connectivity index (χ3v) is 4.85. The Balaban J connectivity index is 2.44. The summed E-state index contributed by atoms with van der Waals surface area (Å²) in [5.74, 6) is -1.38. The summed E-state index contributed by atoms with van der Waals surface area (Å²) in [6.45, 7) is 2.82. The molecule has 23 heavy (non-hydrogen) atoms. The molecule has 120 valence electrons. The number of sulfonamides is 1. The number of hydrogen-bond acceptors (Lipinski definition) is 4. The van der Waals surface area contributed by atoms with Gasteiger partial charge in [-0.05, 0) is 43.7 Å². The first-order valence-corrected chi connectivity index (χ1v) is 8.17. The van der Waals surface area contributed by atoms with Crippen molar-refractivity contribution in [3.8, 4) is 0 Å². The lowest BCUT2D eigenvalue weighted by Crippen LogP contribution is -2.16. The van der Waals surface area contributed by atoms with Crippen molar-refractivity contribution >= 4 is 27.5 Å². The number of Topliss-reactive ketones (excluding diaryl/α,β-unsaturated/α-hetero) is 1. The highest BCUT2D eigenvalue weighted by Crippen LogP contribution is 2.22. The molecule has 2 N–H and O–H groups in total. The Bertz CT molecular complexity index is 887. The Hall–Kier alpha value is -2.67. The molecule has 0 saturated heterocycles. The van der Waals surface area contributed by atoms with Gasteiger partial charge in [-0.2, -0.15) is 0 Å². The molecule has 0 unspecified atom stereocenters. The van der Waals surface area contributed by atoms with Crippen molar-refractivity contribution in [1.29, 1.82) is 0 Å². The second kappa shape index (κ2) is 6.21. The molecule has 0 aliphatic rings. The molecule has 0 radical (unpaired) electrons. The third-order valence-electron chi connectivity index (χ3n) is 3.33. The SMILES string of the molecule is CC(=O)c1cccc(NS(=O)(=O)c2cccc(C(=O)O)c2C)c1. The molecule has 0 fully saturated rings. The molecule has 0 atom stereocenters. The minimum Gasteiger partial charge on any atom is -0.478 e. The van der Waals surface area contributed by atoms with Gasteiger partial charge in [-0.1, -0.05) is 18.2 Å². The molecular formula is C16H15NO5S. The van der Waals surface area contributed by atoms with Gasteiger partial charge in [-0.25, -0.2) is 13.2 Å². The quantitative estimate of drug-likeness (QED) is 0.819. The van der Waals surface area contributed by atoms with Gasteiger partial charge >= 0.3 is 5.97 Å². The van der Waals surface area contributed by atoms with Crippen molar-refractivity contribution < 1.29 is 23.1 Å². The fraction of sp³-hybridized carbons (Fsp3) is 0.125. The molecule has 6 nitrogen and oxygen atoms in total. The van der Waals surface area contributed by atoms with Crippen LogP contribution in [0.1, 0.15) is 33.2 Å². The summed E-state index contributed by atoms with van der Waals surface area (Å²) < 4.78 is 27.3. The van der Waals surface area contributed by atoms with Crippen LogP contribution in [0.15, 0.2) is 47.4 Å². The van der Waals surface area contributed by atoms with Gasteiger partial charge in [-0.15, -0.1) is 0 Å². The van der Waals surface area contributed by atoms with Crippen LogP contribution < -0.4 is 4.72 Å². The number of hydrogen-bond donors (Lipinski definition) is 2. The summed E-state index contributed by atoms with van der Waals surface area (Å²) in [5.41, 5.74) is 0.680. The predicted octanol–water partition coefficient (Wildman–Crippen LogP) is 2.70. The largest absolute Gasteiger partial charge is 0.478 e. The lowest BCUT2D eigenvalue weighted by atomic mass is 10.1. The molecule has 2 aromatic carbocycles. The van der Waals surface area contributed by atoms with Crippen LogP contribution >= 0.6 is 0 Å². The van der Waals surface area contributed by atoms with Gasteiger partial charge in [0.05, 0.1) is 10.5 Å². The van der Waals surface area contributed by atoms with E-state index >= 15 is 0 Å². The van der Waals surface area contributed by atoms with Crippen molar-refractivity contribution in [2.75, 3.05) is 4.72 Å². The van der Waals surface area contributed by atoms with Crippen LogP contribution in [0.2, 0.25) is 0 Å². The number of carbonyl (C=O) groups excluding carboxylic acids is 1. The highest BCUT2D eigenvalue weighted by Gasteiger charge is 2.21. The van der Waals surface area contributed by atoms with E-state index in [1.807, 2.05) is 0 Å². The number of carboxylic acids is 1. The lowest BCUT2D eigenvalue weighted by molar-refractivity contribution is 0.0695. The minimum absolute atomic E-state index is 0.0784. The van der Waals surface area contributed by atoms with E-state index in [0.29, 0.717) is 5.56 Å². The monoisotopic (exact) mass is 333 g/mol. The first kappa shape index (κ1) is 16.7. The van der Waals surface area contributed by atoms with E-state index in [4.69, 9.17) is 5.11 Å². The van der Waals surface area contributed by atoms with E-state index < -0.39 is 16.0 Å². The minimum atomic E-state index is -3.97.